The Morgan fingerprint density at radius 1 is 1.53 bits per heavy atom. The van der Waals surface area contributed by atoms with Gasteiger partial charge in [0.2, 0.25) is 0 Å². The summed E-state index contributed by atoms with van der Waals surface area (Å²) >= 11 is 0. The lowest BCUT2D eigenvalue weighted by molar-refractivity contribution is -0.137. The van der Waals surface area contributed by atoms with E-state index in [2.05, 4.69) is 5.32 Å². The van der Waals surface area contributed by atoms with E-state index in [0.29, 0.717) is 18.4 Å². The lowest BCUT2D eigenvalue weighted by atomic mass is 10.0. The van der Waals surface area contributed by atoms with Gasteiger partial charge in [-0.05, 0) is 32.1 Å². The highest BCUT2D eigenvalue weighted by atomic mass is 16.4. The Morgan fingerprint density at radius 2 is 2.27 bits per heavy atom. The van der Waals surface area contributed by atoms with Gasteiger partial charge in [-0.25, -0.2) is 0 Å². The number of carboxylic acid groups (broad SMARTS) is 1. The van der Waals surface area contributed by atoms with E-state index in [9.17, 15) is 4.79 Å². The maximum Gasteiger partial charge on any atom is 0.303 e. The van der Waals surface area contributed by atoms with E-state index in [4.69, 9.17) is 10.2 Å². The molecule has 1 aliphatic carbocycles. The van der Waals surface area contributed by atoms with Gasteiger partial charge in [-0.2, -0.15) is 0 Å². The number of hydrogen-bond acceptors (Lipinski definition) is 3. The van der Waals surface area contributed by atoms with Gasteiger partial charge in [-0.3, -0.25) is 4.79 Å². The minimum Gasteiger partial charge on any atom is -0.481 e. The minimum atomic E-state index is -0.742. The third-order valence-electron chi connectivity index (χ3n) is 3.18. The fourth-order valence-corrected chi connectivity index (χ4v) is 2.26. The van der Waals surface area contributed by atoms with Gasteiger partial charge in [0.05, 0.1) is 0 Å². The number of rotatable bonds is 6. The van der Waals surface area contributed by atoms with Gasteiger partial charge >= 0.3 is 5.97 Å². The van der Waals surface area contributed by atoms with Crippen LogP contribution >= 0.6 is 0 Å². The van der Waals surface area contributed by atoms with Crippen LogP contribution in [-0.2, 0) is 4.79 Å². The molecule has 88 valence electrons. The van der Waals surface area contributed by atoms with Gasteiger partial charge in [0.15, 0.2) is 0 Å². The summed E-state index contributed by atoms with van der Waals surface area (Å²) < 4.78 is 0. The van der Waals surface area contributed by atoms with Crippen LogP contribution in [0.1, 0.15) is 39.0 Å². The average Bonchev–Trinajstić information content (AvgIpc) is 2.62. The minimum absolute atomic E-state index is 0.213. The molecular formula is C11H21NO3. The molecule has 0 aliphatic heterocycles. The van der Waals surface area contributed by atoms with E-state index < -0.39 is 5.97 Å². The smallest absolute Gasteiger partial charge is 0.303 e. The maximum atomic E-state index is 10.4. The molecule has 0 aromatic heterocycles. The van der Waals surface area contributed by atoms with E-state index >= 15 is 0 Å². The van der Waals surface area contributed by atoms with Crippen molar-refractivity contribution in [2.24, 2.45) is 5.92 Å². The second-order valence-corrected chi connectivity index (χ2v) is 4.48. The molecule has 0 heterocycles. The molecule has 1 fully saturated rings. The fourth-order valence-electron chi connectivity index (χ4n) is 2.26. The van der Waals surface area contributed by atoms with Crippen LogP contribution in [0.2, 0.25) is 0 Å². The van der Waals surface area contributed by atoms with Crippen LogP contribution in [0.15, 0.2) is 0 Å². The lowest BCUT2D eigenvalue weighted by Gasteiger charge is -2.23. The first-order valence-electron chi connectivity index (χ1n) is 5.72. The third kappa shape index (κ3) is 4.18. The Morgan fingerprint density at radius 3 is 2.87 bits per heavy atom. The van der Waals surface area contributed by atoms with Crippen molar-refractivity contribution in [3.8, 4) is 0 Å². The van der Waals surface area contributed by atoms with Gasteiger partial charge in [0.1, 0.15) is 0 Å². The van der Waals surface area contributed by atoms with Gasteiger partial charge in [-0.1, -0.05) is 6.42 Å². The van der Waals surface area contributed by atoms with Gasteiger partial charge in [-0.15, -0.1) is 0 Å². The van der Waals surface area contributed by atoms with Crippen molar-refractivity contribution in [1.82, 2.24) is 5.32 Å². The Labute approximate surface area is 90.7 Å². The van der Waals surface area contributed by atoms with Crippen LogP contribution < -0.4 is 5.32 Å². The van der Waals surface area contributed by atoms with Crippen LogP contribution in [0.5, 0.6) is 0 Å². The van der Waals surface area contributed by atoms with Crippen molar-refractivity contribution in [3.05, 3.63) is 0 Å². The molecule has 1 saturated carbocycles. The van der Waals surface area contributed by atoms with Crippen molar-refractivity contribution < 1.29 is 15.0 Å². The molecule has 0 amide bonds. The number of aliphatic hydroxyl groups is 1. The highest BCUT2D eigenvalue weighted by molar-refractivity contribution is 5.66. The summed E-state index contributed by atoms with van der Waals surface area (Å²) in [5.74, 6) is -0.383. The second kappa shape index (κ2) is 6.08. The molecule has 1 rings (SSSR count). The van der Waals surface area contributed by atoms with E-state index in [-0.39, 0.29) is 19.1 Å². The zero-order valence-electron chi connectivity index (χ0n) is 9.28. The summed E-state index contributed by atoms with van der Waals surface area (Å²) in [6.07, 6.45) is 4.21. The second-order valence-electron chi connectivity index (χ2n) is 4.48. The molecule has 1 aliphatic rings. The zero-order chi connectivity index (χ0) is 11.3. The van der Waals surface area contributed by atoms with Gasteiger partial charge < -0.3 is 15.5 Å². The average molecular weight is 215 g/mol. The summed E-state index contributed by atoms with van der Waals surface area (Å²) in [5, 5.41) is 21.1. The van der Waals surface area contributed by atoms with Crippen molar-refractivity contribution in [2.75, 3.05) is 6.61 Å². The number of aliphatic hydroxyl groups excluding tert-OH is 1. The van der Waals surface area contributed by atoms with E-state index in [1.54, 1.807) is 0 Å². The predicted molar refractivity (Wildman–Crippen MR) is 57.7 cm³/mol. The molecule has 3 unspecified atom stereocenters. The number of aliphatic carboxylic acids is 1. The quantitative estimate of drug-likeness (QED) is 0.618. The molecular weight excluding hydrogens is 194 g/mol. The first-order valence-corrected chi connectivity index (χ1v) is 5.72. The molecule has 15 heavy (non-hydrogen) atoms. The highest BCUT2D eigenvalue weighted by Gasteiger charge is 2.27. The van der Waals surface area contributed by atoms with Crippen LogP contribution in [0.3, 0.4) is 0 Å². The number of nitrogens with one attached hydrogen (secondary N) is 1. The summed E-state index contributed by atoms with van der Waals surface area (Å²) in [7, 11) is 0. The van der Waals surface area contributed by atoms with Gasteiger partial charge in [0.25, 0.3) is 0 Å². The topological polar surface area (TPSA) is 69.6 Å². The van der Waals surface area contributed by atoms with E-state index in [0.717, 1.165) is 19.3 Å². The normalized spacial score (nSPS) is 27.9. The van der Waals surface area contributed by atoms with E-state index in [1.807, 2.05) is 6.92 Å². The number of hydrogen-bond donors (Lipinski definition) is 3. The van der Waals surface area contributed by atoms with Crippen LogP contribution in [0.4, 0.5) is 0 Å². The Balaban J connectivity index is 2.24. The summed E-state index contributed by atoms with van der Waals surface area (Å²) in [4.78, 5) is 10.4. The first-order chi connectivity index (χ1) is 7.13. The van der Waals surface area contributed by atoms with Crippen molar-refractivity contribution >= 4 is 5.97 Å². The molecule has 0 spiro atoms. The Hall–Kier alpha value is -0.610. The van der Waals surface area contributed by atoms with Crippen molar-refractivity contribution in [1.29, 1.82) is 0 Å². The Bertz CT molecular complexity index is 208. The molecule has 4 nitrogen and oxygen atoms in total. The Kier molecular flexibility index (Phi) is 5.05. The SMILES string of the molecule is CC(CCC(=O)O)NC1CCCC1CO. The van der Waals surface area contributed by atoms with Gasteiger partial charge in [0, 0.05) is 25.1 Å². The fraction of sp³-hybridized carbons (Fsp3) is 0.909. The maximum absolute atomic E-state index is 10.4. The first kappa shape index (κ1) is 12.5. The standard InChI is InChI=1S/C11H21NO3/c1-8(5-6-11(14)15)12-10-4-2-3-9(10)7-13/h8-10,12-13H,2-7H2,1H3,(H,14,15). The molecule has 4 heteroatoms. The molecule has 0 bridgehead atoms. The van der Waals surface area contributed by atoms with E-state index in [1.165, 1.54) is 0 Å². The molecule has 3 N–H and O–H groups in total. The summed E-state index contributed by atoms with van der Waals surface area (Å²) in [6.45, 7) is 2.25. The van der Waals surface area contributed by atoms with Crippen LogP contribution in [-0.4, -0.2) is 34.9 Å². The van der Waals surface area contributed by atoms with Crippen molar-refractivity contribution in [3.63, 3.8) is 0 Å². The summed E-state index contributed by atoms with van der Waals surface area (Å²) in [5.41, 5.74) is 0. The molecule has 0 aromatic carbocycles. The molecule has 0 radical (unpaired) electrons. The number of carboxylic acids is 1. The third-order valence-corrected chi connectivity index (χ3v) is 3.18. The van der Waals surface area contributed by atoms with Crippen LogP contribution in [0.25, 0.3) is 0 Å². The summed E-state index contributed by atoms with van der Waals surface area (Å²) in [6, 6.07) is 0.594. The van der Waals surface area contributed by atoms with Crippen LogP contribution in [0, 0.1) is 5.92 Å². The number of carbonyl (C=O) groups is 1. The molecule has 3 atom stereocenters. The zero-order valence-corrected chi connectivity index (χ0v) is 9.28. The highest BCUT2D eigenvalue weighted by Crippen LogP contribution is 2.25. The lowest BCUT2D eigenvalue weighted by Crippen LogP contribution is -2.40. The molecule has 0 aromatic rings. The van der Waals surface area contributed by atoms with Crippen molar-refractivity contribution in [2.45, 2.75) is 51.1 Å². The largest absolute Gasteiger partial charge is 0.481 e. The monoisotopic (exact) mass is 215 g/mol. The predicted octanol–water partition coefficient (Wildman–Crippen LogP) is 0.990. The molecule has 0 saturated heterocycles.